The highest BCUT2D eigenvalue weighted by Crippen LogP contribution is 2.25. The van der Waals surface area contributed by atoms with E-state index in [1.165, 1.54) is 0 Å². The Morgan fingerprint density at radius 3 is 2.94 bits per heavy atom. The van der Waals surface area contributed by atoms with Gasteiger partial charge in [-0.15, -0.1) is 0 Å². The SMILES string of the molecule is CCC#Cc1cn(C)c2nc(N)nc(Cl)c12. The molecule has 16 heavy (non-hydrogen) atoms. The first-order valence-electron chi connectivity index (χ1n) is 4.90. The molecule has 0 saturated carbocycles. The summed E-state index contributed by atoms with van der Waals surface area (Å²) in [5.74, 6) is 6.22. The number of hydrogen-bond donors (Lipinski definition) is 1. The second kappa shape index (κ2) is 4.03. The van der Waals surface area contributed by atoms with Crippen molar-refractivity contribution < 1.29 is 0 Å². The van der Waals surface area contributed by atoms with Gasteiger partial charge in [0.25, 0.3) is 0 Å². The lowest BCUT2D eigenvalue weighted by atomic mass is 10.2. The van der Waals surface area contributed by atoms with Crippen molar-refractivity contribution in [2.24, 2.45) is 7.05 Å². The summed E-state index contributed by atoms with van der Waals surface area (Å²) in [7, 11) is 1.88. The van der Waals surface area contributed by atoms with Gasteiger partial charge in [0.15, 0.2) is 0 Å². The van der Waals surface area contributed by atoms with Gasteiger partial charge in [-0.1, -0.05) is 30.4 Å². The Hall–Kier alpha value is -1.73. The lowest BCUT2D eigenvalue weighted by Gasteiger charge is -1.97. The Labute approximate surface area is 98.4 Å². The summed E-state index contributed by atoms with van der Waals surface area (Å²) in [6, 6.07) is 0. The Bertz CT molecular complexity index is 604. The van der Waals surface area contributed by atoms with E-state index in [9.17, 15) is 0 Å². The van der Waals surface area contributed by atoms with Gasteiger partial charge in [-0.05, 0) is 0 Å². The predicted molar refractivity (Wildman–Crippen MR) is 65.1 cm³/mol. The standard InChI is InChI=1S/C11H11ClN4/c1-3-4-5-7-6-16(2)10-8(7)9(12)14-11(13)15-10/h6H,3H2,1-2H3,(H2,13,14,15). The van der Waals surface area contributed by atoms with Crippen LogP contribution in [0.25, 0.3) is 11.0 Å². The molecule has 0 atom stereocenters. The van der Waals surface area contributed by atoms with Gasteiger partial charge < -0.3 is 10.3 Å². The van der Waals surface area contributed by atoms with Crippen LogP contribution in [0.4, 0.5) is 5.95 Å². The minimum Gasteiger partial charge on any atom is -0.368 e. The van der Waals surface area contributed by atoms with E-state index >= 15 is 0 Å². The van der Waals surface area contributed by atoms with Gasteiger partial charge in [-0.2, -0.15) is 4.98 Å². The molecule has 0 radical (unpaired) electrons. The number of fused-ring (bicyclic) bond motifs is 1. The quantitative estimate of drug-likeness (QED) is 0.560. The maximum Gasteiger partial charge on any atom is 0.223 e. The van der Waals surface area contributed by atoms with Gasteiger partial charge in [-0.3, -0.25) is 0 Å². The maximum absolute atomic E-state index is 6.05. The molecule has 0 aliphatic heterocycles. The average molecular weight is 235 g/mol. The van der Waals surface area contributed by atoms with Crippen LogP contribution in [0.1, 0.15) is 18.9 Å². The van der Waals surface area contributed by atoms with E-state index in [1.54, 1.807) is 0 Å². The van der Waals surface area contributed by atoms with Gasteiger partial charge in [0.05, 0.1) is 10.9 Å². The molecule has 2 aromatic heterocycles. The number of nitrogens with two attached hydrogens (primary N) is 1. The molecule has 4 nitrogen and oxygen atoms in total. The second-order valence-corrected chi connectivity index (χ2v) is 3.74. The Kier molecular flexibility index (Phi) is 2.71. The Morgan fingerprint density at radius 1 is 1.50 bits per heavy atom. The van der Waals surface area contributed by atoms with Crippen LogP contribution >= 0.6 is 11.6 Å². The van der Waals surface area contributed by atoms with Gasteiger partial charge >= 0.3 is 0 Å². The molecule has 0 aliphatic carbocycles. The van der Waals surface area contributed by atoms with E-state index in [1.807, 2.05) is 24.7 Å². The third-order valence-corrected chi connectivity index (χ3v) is 2.46. The molecule has 0 fully saturated rings. The average Bonchev–Trinajstić information content (AvgIpc) is 2.53. The monoisotopic (exact) mass is 234 g/mol. The Morgan fingerprint density at radius 2 is 2.25 bits per heavy atom. The topological polar surface area (TPSA) is 56.7 Å². The summed E-state index contributed by atoms with van der Waals surface area (Å²) in [6.45, 7) is 1.99. The summed E-state index contributed by atoms with van der Waals surface area (Å²) in [5.41, 5.74) is 7.09. The van der Waals surface area contributed by atoms with E-state index in [4.69, 9.17) is 17.3 Å². The fraction of sp³-hybridized carbons (Fsp3) is 0.273. The zero-order valence-electron chi connectivity index (χ0n) is 9.08. The number of aryl methyl sites for hydroxylation is 1. The lowest BCUT2D eigenvalue weighted by molar-refractivity contribution is 0.944. The molecule has 0 unspecified atom stereocenters. The fourth-order valence-corrected chi connectivity index (χ4v) is 1.80. The first kappa shape index (κ1) is 10.8. The van der Waals surface area contributed by atoms with Crippen LogP contribution < -0.4 is 5.73 Å². The highest BCUT2D eigenvalue weighted by Gasteiger charge is 2.12. The predicted octanol–water partition coefficient (Wildman–Crippen LogP) is 1.97. The molecule has 2 heterocycles. The van der Waals surface area contributed by atoms with Crippen LogP contribution in [0, 0.1) is 11.8 Å². The third kappa shape index (κ3) is 1.70. The van der Waals surface area contributed by atoms with Crippen molar-refractivity contribution in [2.75, 3.05) is 5.73 Å². The van der Waals surface area contributed by atoms with Crippen molar-refractivity contribution in [1.82, 2.24) is 14.5 Å². The molecule has 2 N–H and O–H groups in total. The number of hydrogen-bond acceptors (Lipinski definition) is 3. The molecule has 0 spiro atoms. The van der Waals surface area contributed by atoms with Crippen LogP contribution in [-0.4, -0.2) is 14.5 Å². The van der Waals surface area contributed by atoms with Crippen LogP contribution in [0.3, 0.4) is 0 Å². The number of rotatable bonds is 0. The number of aromatic nitrogens is 3. The normalized spacial score (nSPS) is 10.2. The summed E-state index contributed by atoms with van der Waals surface area (Å²) in [5, 5.41) is 1.11. The largest absolute Gasteiger partial charge is 0.368 e. The number of nitrogen functional groups attached to an aromatic ring is 1. The summed E-state index contributed by atoms with van der Waals surface area (Å²) < 4.78 is 1.85. The van der Waals surface area contributed by atoms with E-state index in [-0.39, 0.29) is 5.95 Å². The van der Waals surface area contributed by atoms with Crippen LogP contribution in [0.5, 0.6) is 0 Å². The molecule has 82 valence electrons. The summed E-state index contributed by atoms with van der Waals surface area (Å²) in [4.78, 5) is 8.08. The van der Waals surface area contributed by atoms with Crippen molar-refractivity contribution in [1.29, 1.82) is 0 Å². The zero-order valence-corrected chi connectivity index (χ0v) is 9.84. The molecule has 0 amide bonds. The number of anilines is 1. The van der Waals surface area contributed by atoms with Gasteiger partial charge in [0.2, 0.25) is 5.95 Å². The molecule has 0 bridgehead atoms. The molecular formula is C11H11ClN4. The van der Waals surface area contributed by atoms with E-state index in [0.29, 0.717) is 10.8 Å². The van der Waals surface area contributed by atoms with Crippen molar-refractivity contribution in [2.45, 2.75) is 13.3 Å². The van der Waals surface area contributed by atoms with Gasteiger partial charge in [0.1, 0.15) is 10.8 Å². The molecular weight excluding hydrogens is 224 g/mol. The molecule has 5 heteroatoms. The van der Waals surface area contributed by atoms with Crippen molar-refractivity contribution >= 4 is 28.6 Å². The smallest absolute Gasteiger partial charge is 0.223 e. The second-order valence-electron chi connectivity index (χ2n) is 3.38. The lowest BCUT2D eigenvalue weighted by Crippen LogP contribution is -1.97. The first-order valence-corrected chi connectivity index (χ1v) is 5.28. The number of nitrogens with zero attached hydrogens (tertiary/aromatic N) is 3. The van der Waals surface area contributed by atoms with Crippen LogP contribution in [-0.2, 0) is 7.05 Å². The van der Waals surface area contributed by atoms with Gasteiger partial charge in [0, 0.05) is 19.7 Å². The molecule has 0 aliphatic rings. The third-order valence-electron chi connectivity index (χ3n) is 2.19. The summed E-state index contributed by atoms with van der Waals surface area (Å²) in [6.07, 6.45) is 2.68. The molecule has 0 aromatic carbocycles. The molecule has 2 rings (SSSR count). The first-order chi connectivity index (χ1) is 7.63. The van der Waals surface area contributed by atoms with E-state index in [2.05, 4.69) is 21.8 Å². The fourth-order valence-electron chi connectivity index (χ4n) is 1.52. The maximum atomic E-state index is 6.05. The number of halogens is 1. The van der Waals surface area contributed by atoms with Crippen molar-refractivity contribution in [3.05, 3.63) is 16.9 Å². The Balaban J connectivity index is 2.78. The minimum atomic E-state index is 0.175. The minimum absolute atomic E-state index is 0.175. The molecule has 2 aromatic rings. The van der Waals surface area contributed by atoms with Crippen molar-refractivity contribution in [3.63, 3.8) is 0 Å². The van der Waals surface area contributed by atoms with Crippen LogP contribution in [0.2, 0.25) is 5.15 Å². The summed E-state index contributed by atoms with van der Waals surface area (Å²) >= 11 is 6.05. The van der Waals surface area contributed by atoms with Crippen LogP contribution in [0.15, 0.2) is 6.20 Å². The highest BCUT2D eigenvalue weighted by molar-refractivity contribution is 6.34. The van der Waals surface area contributed by atoms with E-state index < -0.39 is 0 Å². The zero-order chi connectivity index (χ0) is 11.7. The molecule has 0 saturated heterocycles. The highest BCUT2D eigenvalue weighted by atomic mass is 35.5. The van der Waals surface area contributed by atoms with Gasteiger partial charge in [-0.25, -0.2) is 4.98 Å². The van der Waals surface area contributed by atoms with E-state index in [0.717, 1.165) is 17.4 Å². The van der Waals surface area contributed by atoms with Crippen molar-refractivity contribution in [3.8, 4) is 11.8 Å².